The summed E-state index contributed by atoms with van der Waals surface area (Å²) >= 11 is 0. The number of amides is 1. The second-order valence-electron chi connectivity index (χ2n) is 12.4. The summed E-state index contributed by atoms with van der Waals surface area (Å²) in [6, 6.07) is 0.541. The molecule has 6 nitrogen and oxygen atoms in total. The first-order valence-electron chi connectivity index (χ1n) is 13.7. The van der Waals surface area contributed by atoms with Crippen LogP contribution in [0.15, 0.2) is 0 Å². The van der Waals surface area contributed by atoms with Gasteiger partial charge >= 0.3 is 0 Å². The van der Waals surface area contributed by atoms with Crippen LogP contribution < -0.4 is 0 Å². The molecular formula is C27H43N5O. The van der Waals surface area contributed by atoms with Gasteiger partial charge in [-0.1, -0.05) is 0 Å². The standard InChI is InChI=1S/C27H43N5O/c1-4-32-24-6-5-22(14-23(24)25(28-32)26(33)31-9-7-29(2)8-10-31)30(3)18-27-15-19-11-20(16-27)13-21(12-19)17-27/h19-22H,4-18H2,1-3H3/t19?,20?,21?,22-,27?/m0/s1. The number of aryl methyl sites for hydroxylation is 1. The molecule has 33 heavy (non-hydrogen) atoms. The van der Waals surface area contributed by atoms with Crippen molar-refractivity contribution >= 4 is 5.91 Å². The summed E-state index contributed by atoms with van der Waals surface area (Å²) in [5, 5.41) is 4.87. The third kappa shape index (κ3) is 3.95. The lowest BCUT2D eigenvalue weighted by Gasteiger charge is -2.58. The molecule has 0 N–H and O–H groups in total. The molecule has 182 valence electrons. The average Bonchev–Trinajstić information content (AvgIpc) is 3.16. The van der Waals surface area contributed by atoms with Gasteiger partial charge in [-0.2, -0.15) is 5.10 Å². The maximum absolute atomic E-state index is 13.5. The smallest absolute Gasteiger partial charge is 0.274 e. The van der Waals surface area contributed by atoms with Crippen LogP contribution in [0.5, 0.6) is 0 Å². The normalized spacial score (nSPS) is 35.9. The van der Waals surface area contributed by atoms with Gasteiger partial charge in [0, 0.05) is 56.6 Å². The number of carbonyl (C=O) groups excluding carboxylic acids is 1. The molecule has 6 aliphatic rings. The molecule has 6 heteroatoms. The highest BCUT2D eigenvalue weighted by Crippen LogP contribution is 2.60. The van der Waals surface area contributed by atoms with E-state index < -0.39 is 0 Å². The van der Waals surface area contributed by atoms with E-state index in [-0.39, 0.29) is 5.91 Å². The zero-order valence-electron chi connectivity index (χ0n) is 21.1. The van der Waals surface area contributed by atoms with Gasteiger partial charge in [-0.25, -0.2) is 0 Å². The summed E-state index contributed by atoms with van der Waals surface area (Å²) in [6.45, 7) is 7.82. The van der Waals surface area contributed by atoms with Gasteiger partial charge in [-0.05, 0) is 102 Å². The molecule has 0 unspecified atom stereocenters. The molecule has 4 bridgehead atoms. The highest BCUT2D eigenvalue weighted by molar-refractivity contribution is 5.94. The lowest BCUT2D eigenvalue weighted by molar-refractivity contribution is -0.0712. The molecule has 1 aliphatic heterocycles. The number of fused-ring (bicyclic) bond motifs is 1. The Morgan fingerprint density at radius 2 is 1.70 bits per heavy atom. The number of nitrogens with zero attached hydrogens (tertiary/aromatic N) is 5. The van der Waals surface area contributed by atoms with E-state index in [1.807, 2.05) is 4.90 Å². The number of likely N-dealkylation sites (N-methyl/N-ethyl adjacent to an activating group) is 2. The summed E-state index contributed by atoms with van der Waals surface area (Å²) in [5.41, 5.74) is 3.92. The molecular weight excluding hydrogens is 410 g/mol. The van der Waals surface area contributed by atoms with Crippen molar-refractivity contribution in [3.63, 3.8) is 0 Å². The fourth-order valence-electron chi connectivity index (χ4n) is 8.78. The van der Waals surface area contributed by atoms with E-state index in [1.165, 1.54) is 62.7 Å². The predicted molar refractivity (Wildman–Crippen MR) is 130 cm³/mol. The Balaban J connectivity index is 1.19. The molecule has 5 aliphatic carbocycles. The summed E-state index contributed by atoms with van der Waals surface area (Å²) in [5.74, 6) is 3.20. The number of piperazine rings is 1. The van der Waals surface area contributed by atoms with Crippen LogP contribution in [-0.4, -0.2) is 83.2 Å². The fraction of sp³-hybridized carbons (Fsp3) is 0.852. The number of aromatic nitrogens is 2. The van der Waals surface area contributed by atoms with Crippen molar-refractivity contribution in [2.24, 2.45) is 23.2 Å². The number of carbonyl (C=O) groups is 1. The van der Waals surface area contributed by atoms with E-state index in [0.717, 1.165) is 69.0 Å². The van der Waals surface area contributed by atoms with Gasteiger partial charge in [0.15, 0.2) is 5.69 Å². The largest absolute Gasteiger partial charge is 0.335 e. The van der Waals surface area contributed by atoms with Crippen LogP contribution in [0, 0.1) is 23.2 Å². The van der Waals surface area contributed by atoms with Crippen molar-refractivity contribution in [2.45, 2.75) is 77.3 Å². The summed E-state index contributed by atoms with van der Waals surface area (Å²) < 4.78 is 2.12. The minimum absolute atomic E-state index is 0.163. The first kappa shape index (κ1) is 22.1. The van der Waals surface area contributed by atoms with E-state index in [0.29, 0.717) is 11.5 Å². The van der Waals surface area contributed by atoms with Crippen molar-refractivity contribution in [1.82, 2.24) is 24.5 Å². The van der Waals surface area contributed by atoms with Crippen LogP contribution >= 0.6 is 0 Å². The van der Waals surface area contributed by atoms with Crippen molar-refractivity contribution in [3.8, 4) is 0 Å². The summed E-state index contributed by atoms with van der Waals surface area (Å²) in [4.78, 5) is 20.5. The van der Waals surface area contributed by atoms with Crippen molar-refractivity contribution in [2.75, 3.05) is 46.8 Å². The first-order valence-corrected chi connectivity index (χ1v) is 13.7. The van der Waals surface area contributed by atoms with Crippen LogP contribution in [-0.2, 0) is 19.4 Å². The van der Waals surface area contributed by atoms with Crippen molar-refractivity contribution in [1.29, 1.82) is 0 Å². The molecule has 4 saturated carbocycles. The van der Waals surface area contributed by atoms with Gasteiger partial charge in [-0.3, -0.25) is 9.48 Å². The zero-order chi connectivity index (χ0) is 22.7. The minimum atomic E-state index is 0.163. The second kappa shape index (κ2) is 8.37. The lowest BCUT2D eigenvalue weighted by atomic mass is 9.49. The third-order valence-electron chi connectivity index (χ3n) is 9.99. The van der Waals surface area contributed by atoms with Gasteiger partial charge in [0.25, 0.3) is 5.91 Å². The van der Waals surface area contributed by atoms with Crippen molar-refractivity contribution in [3.05, 3.63) is 17.0 Å². The highest BCUT2D eigenvalue weighted by atomic mass is 16.2. The molecule has 1 atom stereocenters. The minimum Gasteiger partial charge on any atom is -0.335 e. The Labute approximate surface area is 199 Å². The Morgan fingerprint density at radius 1 is 1.06 bits per heavy atom. The molecule has 2 heterocycles. The maximum Gasteiger partial charge on any atom is 0.274 e. The average molecular weight is 454 g/mol. The predicted octanol–water partition coefficient (Wildman–Crippen LogP) is 3.30. The van der Waals surface area contributed by atoms with Crippen LogP contribution in [0.1, 0.15) is 73.6 Å². The first-order chi connectivity index (χ1) is 15.9. The lowest BCUT2D eigenvalue weighted by Crippen LogP contribution is -2.52. The van der Waals surface area contributed by atoms with Gasteiger partial charge in [-0.15, -0.1) is 0 Å². The molecule has 1 aromatic heterocycles. The highest BCUT2D eigenvalue weighted by Gasteiger charge is 2.51. The van der Waals surface area contributed by atoms with Crippen LogP contribution in [0.3, 0.4) is 0 Å². The fourth-order valence-corrected chi connectivity index (χ4v) is 8.78. The molecule has 0 radical (unpaired) electrons. The topological polar surface area (TPSA) is 44.6 Å². The van der Waals surface area contributed by atoms with E-state index in [2.05, 4.69) is 35.5 Å². The Kier molecular flexibility index (Phi) is 5.60. The van der Waals surface area contributed by atoms with Crippen LogP contribution in [0.25, 0.3) is 0 Å². The monoisotopic (exact) mass is 453 g/mol. The number of hydrogen-bond acceptors (Lipinski definition) is 4. The summed E-state index contributed by atoms with van der Waals surface area (Å²) in [6.07, 6.45) is 12.2. The second-order valence-corrected chi connectivity index (χ2v) is 12.4. The van der Waals surface area contributed by atoms with E-state index in [9.17, 15) is 4.79 Å². The molecule has 1 aromatic rings. The molecule has 5 fully saturated rings. The SMILES string of the molecule is CCn1nc(C(=O)N2CCN(C)CC2)c2c1CC[C@H](N(C)CC13CC4CC(CC(C4)C1)C3)C2. The quantitative estimate of drug-likeness (QED) is 0.686. The Morgan fingerprint density at radius 3 is 2.30 bits per heavy atom. The van der Waals surface area contributed by atoms with E-state index in [4.69, 9.17) is 5.10 Å². The maximum atomic E-state index is 13.5. The van der Waals surface area contributed by atoms with Gasteiger partial charge < -0.3 is 14.7 Å². The van der Waals surface area contributed by atoms with Crippen LogP contribution in [0.4, 0.5) is 0 Å². The van der Waals surface area contributed by atoms with Crippen LogP contribution in [0.2, 0.25) is 0 Å². The van der Waals surface area contributed by atoms with E-state index in [1.54, 1.807) is 0 Å². The molecule has 1 amide bonds. The third-order valence-corrected chi connectivity index (χ3v) is 9.99. The van der Waals surface area contributed by atoms with E-state index >= 15 is 0 Å². The number of rotatable bonds is 5. The molecule has 1 saturated heterocycles. The zero-order valence-corrected chi connectivity index (χ0v) is 21.1. The van der Waals surface area contributed by atoms with Gasteiger partial charge in [0.05, 0.1) is 0 Å². The molecule has 0 aromatic carbocycles. The molecule has 0 spiro atoms. The Bertz CT molecular complexity index is 863. The Hall–Kier alpha value is -1.40. The van der Waals surface area contributed by atoms with Gasteiger partial charge in [0.2, 0.25) is 0 Å². The van der Waals surface area contributed by atoms with Gasteiger partial charge in [0.1, 0.15) is 0 Å². The molecule has 7 rings (SSSR count). The summed E-state index contributed by atoms with van der Waals surface area (Å²) in [7, 11) is 4.51. The number of hydrogen-bond donors (Lipinski definition) is 0. The van der Waals surface area contributed by atoms with Crippen molar-refractivity contribution < 1.29 is 4.79 Å².